The average Bonchev–Trinajstić information content (AvgIpc) is 3.51. The van der Waals surface area contributed by atoms with Crippen LogP contribution in [0.3, 0.4) is 0 Å². The van der Waals surface area contributed by atoms with Crippen molar-refractivity contribution in [2.45, 2.75) is 74.3 Å². The molecule has 0 saturated heterocycles. The lowest BCUT2D eigenvalue weighted by Gasteiger charge is -2.60. The second-order valence-electron chi connectivity index (χ2n) is 13.8. The minimum absolute atomic E-state index is 0.0253. The fourth-order valence-electron chi connectivity index (χ4n) is 8.65. The maximum atomic E-state index is 13.7. The molecular weight excluding hydrogens is 668 g/mol. The van der Waals surface area contributed by atoms with E-state index in [0.29, 0.717) is 41.2 Å². The van der Waals surface area contributed by atoms with E-state index in [0.717, 1.165) is 24.0 Å². The fraction of sp³-hybridized carbons (Fsp3) is 0.400. The summed E-state index contributed by atoms with van der Waals surface area (Å²) in [7, 11) is 1.56. The van der Waals surface area contributed by atoms with Gasteiger partial charge in [0.1, 0.15) is 11.4 Å². The number of aliphatic hydroxyl groups is 2. The first-order valence-corrected chi connectivity index (χ1v) is 17.7. The number of amides is 2. The molecule has 2 amide bonds. The molecule has 7 rings (SSSR count). The SMILES string of the molecule is COc1ccc2c3c1O[C@@H]1C(OC(=O)CCNC(=O)[C@@H](O)c4ccccc4)=CC[C@]4(OC(=O)CCNC(=O)[C@@H](O)c5ccccc5)[C@@H](CCC[C@@]314)C2. The second kappa shape index (κ2) is 14.4. The largest absolute Gasteiger partial charge is 0.493 e. The van der Waals surface area contributed by atoms with Gasteiger partial charge in [0, 0.05) is 31.0 Å². The third kappa shape index (κ3) is 6.09. The lowest BCUT2D eigenvalue weighted by molar-refractivity contribution is -0.200. The highest BCUT2D eigenvalue weighted by molar-refractivity contribution is 5.83. The van der Waals surface area contributed by atoms with Gasteiger partial charge < -0.3 is 39.8 Å². The Morgan fingerprint density at radius 2 is 1.48 bits per heavy atom. The number of hydrogen-bond acceptors (Lipinski definition) is 10. The van der Waals surface area contributed by atoms with Crippen molar-refractivity contribution >= 4 is 23.8 Å². The highest BCUT2D eigenvalue weighted by Gasteiger charge is 2.73. The number of nitrogens with one attached hydrogen (secondary N) is 2. The van der Waals surface area contributed by atoms with Crippen LogP contribution in [-0.4, -0.2) is 65.9 Å². The Balaban J connectivity index is 1.08. The molecule has 3 aromatic rings. The van der Waals surface area contributed by atoms with Crippen LogP contribution in [0.5, 0.6) is 11.5 Å². The molecule has 1 aliphatic heterocycles. The van der Waals surface area contributed by atoms with E-state index in [1.807, 2.05) is 12.1 Å². The Hall–Kier alpha value is -5.20. The van der Waals surface area contributed by atoms with Crippen molar-refractivity contribution in [3.63, 3.8) is 0 Å². The quantitative estimate of drug-likeness (QED) is 0.192. The highest BCUT2D eigenvalue weighted by atomic mass is 16.6. The van der Waals surface area contributed by atoms with E-state index in [2.05, 4.69) is 10.6 Å². The third-order valence-corrected chi connectivity index (χ3v) is 10.9. The molecule has 6 atom stereocenters. The number of carbonyl (C=O) groups is 4. The molecule has 1 saturated carbocycles. The van der Waals surface area contributed by atoms with E-state index in [-0.39, 0.29) is 38.3 Å². The van der Waals surface area contributed by atoms with Gasteiger partial charge in [0.25, 0.3) is 11.8 Å². The van der Waals surface area contributed by atoms with Gasteiger partial charge in [0.05, 0.1) is 25.4 Å². The number of esters is 2. The Labute approximate surface area is 301 Å². The van der Waals surface area contributed by atoms with Crippen LogP contribution in [0, 0.1) is 5.92 Å². The van der Waals surface area contributed by atoms with Crippen molar-refractivity contribution < 1.29 is 48.3 Å². The van der Waals surface area contributed by atoms with E-state index >= 15 is 0 Å². The first-order chi connectivity index (χ1) is 25.2. The first kappa shape index (κ1) is 35.2. The Morgan fingerprint density at radius 3 is 2.10 bits per heavy atom. The Bertz CT molecular complexity index is 1880. The summed E-state index contributed by atoms with van der Waals surface area (Å²) in [6.45, 7) is -0.0746. The molecule has 4 N–H and O–H groups in total. The molecule has 1 fully saturated rings. The van der Waals surface area contributed by atoms with Gasteiger partial charge in [0.15, 0.2) is 29.8 Å². The minimum Gasteiger partial charge on any atom is -0.493 e. The van der Waals surface area contributed by atoms with Gasteiger partial charge in [-0.3, -0.25) is 19.2 Å². The van der Waals surface area contributed by atoms with E-state index in [1.54, 1.807) is 73.8 Å². The molecule has 0 aromatic heterocycles. The molecule has 1 spiro atoms. The van der Waals surface area contributed by atoms with Crippen molar-refractivity contribution in [1.29, 1.82) is 0 Å². The first-order valence-electron chi connectivity index (χ1n) is 17.7. The second-order valence-corrected chi connectivity index (χ2v) is 13.8. The molecule has 52 heavy (non-hydrogen) atoms. The number of benzene rings is 3. The van der Waals surface area contributed by atoms with Gasteiger partial charge in [-0.1, -0.05) is 73.2 Å². The molecule has 0 unspecified atom stereocenters. The van der Waals surface area contributed by atoms with Crippen LogP contribution in [0.25, 0.3) is 0 Å². The van der Waals surface area contributed by atoms with E-state index in [9.17, 15) is 29.4 Å². The number of rotatable bonds is 13. The topological polar surface area (TPSA) is 170 Å². The molecule has 0 radical (unpaired) electrons. The van der Waals surface area contributed by atoms with Gasteiger partial charge >= 0.3 is 11.9 Å². The van der Waals surface area contributed by atoms with Gasteiger partial charge in [0.2, 0.25) is 0 Å². The standard InChI is InChI=1S/C40H42N2O10/c1-49-28-15-14-26-23-27-13-8-19-39-32(26)35(28)51-36(39)29(50-30(43)17-21-41-37(47)33(45)24-9-4-2-5-10-24)16-20-40(27,39)52-31(44)18-22-42-38(48)34(46)25-11-6-3-7-12-25/h2-7,9-12,14-16,27,33-34,36,45-46H,8,13,17-23H2,1H3,(H,41,47)(H,42,48)/t27-,33-,34-,36+,39+,40-/m0/s1. The zero-order valence-corrected chi connectivity index (χ0v) is 28.8. The van der Waals surface area contributed by atoms with Crippen LogP contribution in [0.15, 0.2) is 84.6 Å². The average molecular weight is 711 g/mol. The van der Waals surface area contributed by atoms with Crippen molar-refractivity contribution in [2.75, 3.05) is 20.2 Å². The highest BCUT2D eigenvalue weighted by Crippen LogP contribution is 2.68. The summed E-state index contributed by atoms with van der Waals surface area (Å²) in [5.74, 6) is -1.00. The summed E-state index contributed by atoms with van der Waals surface area (Å²) in [5.41, 5.74) is 0.991. The predicted molar refractivity (Wildman–Crippen MR) is 186 cm³/mol. The smallest absolute Gasteiger partial charge is 0.312 e. The zero-order valence-electron chi connectivity index (χ0n) is 28.8. The fourth-order valence-corrected chi connectivity index (χ4v) is 8.65. The van der Waals surface area contributed by atoms with E-state index in [4.69, 9.17) is 18.9 Å². The number of methoxy groups -OCH3 is 1. The molecule has 2 bridgehead atoms. The molecule has 4 aliphatic rings. The van der Waals surface area contributed by atoms with Gasteiger partial charge in [-0.25, -0.2) is 0 Å². The van der Waals surface area contributed by atoms with Crippen LogP contribution in [0.4, 0.5) is 0 Å². The van der Waals surface area contributed by atoms with Gasteiger partial charge in [-0.2, -0.15) is 0 Å². The van der Waals surface area contributed by atoms with E-state index in [1.165, 1.54) is 0 Å². The van der Waals surface area contributed by atoms with Crippen LogP contribution in [0.2, 0.25) is 0 Å². The van der Waals surface area contributed by atoms with Crippen molar-refractivity contribution in [2.24, 2.45) is 5.92 Å². The van der Waals surface area contributed by atoms with Crippen molar-refractivity contribution in [3.05, 3.63) is 107 Å². The van der Waals surface area contributed by atoms with Gasteiger partial charge in [-0.15, -0.1) is 0 Å². The molecular formula is C40H42N2O10. The number of ether oxygens (including phenoxy) is 4. The number of carbonyl (C=O) groups excluding carboxylic acids is 4. The summed E-state index contributed by atoms with van der Waals surface area (Å²) in [6, 6.07) is 20.9. The Morgan fingerprint density at radius 1 is 0.865 bits per heavy atom. The molecule has 12 heteroatoms. The Kier molecular flexibility index (Phi) is 9.78. The summed E-state index contributed by atoms with van der Waals surface area (Å²) in [4.78, 5) is 52.1. The maximum absolute atomic E-state index is 13.7. The number of aliphatic hydroxyl groups excluding tert-OH is 2. The van der Waals surface area contributed by atoms with Crippen LogP contribution in [-0.2, 0) is 40.5 Å². The summed E-state index contributed by atoms with van der Waals surface area (Å²) < 4.78 is 24.9. The zero-order chi connectivity index (χ0) is 36.5. The summed E-state index contributed by atoms with van der Waals surface area (Å²) in [6.07, 6.45) is 1.18. The summed E-state index contributed by atoms with van der Waals surface area (Å²) in [5, 5.41) is 26.1. The van der Waals surface area contributed by atoms with Crippen LogP contribution < -0.4 is 20.1 Å². The molecule has 12 nitrogen and oxygen atoms in total. The van der Waals surface area contributed by atoms with Crippen molar-refractivity contribution in [1.82, 2.24) is 10.6 Å². The lowest BCUT2D eigenvalue weighted by Crippen LogP contribution is -2.69. The lowest BCUT2D eigenvalue weighted by atomic mass is 9.46. The molecule has 272 valence electrons. The van der Waals surface area contributed by atoms with Gasteiger partial charge in [-0.05, 0) is 48.1 Å². The van der Waals surface area contributed by atoms with E-state index < -0.39 is 53.1 Å². The normalized spacial score (nSPS) is 24.6. The monoisotopic (exact) mass is 710 g/mol. The molecule has 1 heterocycles. The maximum Gasteiger partial charge on any atom is 0.312 e. The van der Waals surface area contributed by atoms with Crippen LogP contribution >= 0.6 is 0 Å². The molecule has 3 aliphatic carbocycles. The summed E-state index contributed by atoms with van der Waals surface area (Å²) >= 11 is 0. The minimum atomic E-state index is -1.37. The third-order valence-electron chi connectivity index (χ3n) is 10.9. The van der Waals surface area contributed by atoms with Crippen molar-refractivity contribution in [3.8, 4) is 11.5 Å². The predicted octanol–water partition coefficient (Wildman–Crippen LogP) is 3.64. The number of hydrogen-bond donors (Lipinski definition) is 4. The molecule has 3 aromatic carbocycles. The van der Waals surface area contributed by atoms with Crippen LogP contribution in [0.1, 0.15) is 73.0 Å².